The van der Waals surface area contributed by atoms with Crippen LogP contribution in [-0.4, -0.2) is 139 Å². The number of hydrogen-bond donors (Lipinski definition) is 0. The molecule has 0 bridgehead atoms. The Morgan fingerprint density at radius 3 is 0.804 bits per heavy atom. The van der Waals surface area contributed by atoms with Gasteiger partial charge in [-0.1, -0.05) is 209 Å². The Kier molecular flexibility index (Phi) is 63.2. The first-order valence-corrected chi connectivity index (χ1v) is 60.4. The van der Waals surface area contributed by atoms with Crippen LogP contribution in [0.1, 0.15) is 265 Å². The molecular weight excluding hydrogens is 1600 g/mol. The van der Waals surface area contributed by atoms with Gasteiger partial charge in [-0.15, -0.1) is 0 Å². The first kappa shape index (κ1) is 107. The van der Waals surface area contributed by atoms with Gasteiger partial charge in [-0.3, -0.25) is 4.79 Å². The molecule has 16 unspecified atom stereocenters. The Labute approximate surface area is 672 Å². The van der Waals surface area contributed by atoms with Crippen molar-refractivity contribution < 1.29 is 68.3 Å². The fourth-order valence-corrected chi connectivity index (χ4v) is 41.5. The van der Waals surface area contributed by atoms with Crippen LogP contribution in [0.25, 0.3) is 0 Å². The molecule has 102 heavy (non-hydrogen) atoms. The Balaban J connectivity index is 7.28. The summed E-state index contributed by atoms with van der Waals surface area (Å²) in [4.78, 5) is 12.6. The fraction of sp³-hybridized carbons (Fsp3) is 0.986. The highest BCUT2D eigenvalue weighted by atomic mass is 32.9. The zero-order valence-electron chi connectivity index (χ0n) is 69.2. The molecular formula is C71H149O15P7S9. The Morgan fingerprint density at radius 1 is 0.304 bits per heavy atom. The SMILES string of the molecule is COC(=O)CCSP(OC(C)CSP(=S)(CC(C)CSP(OC(C)CC(C)C)OC(C)CC(C)C)OC(C)CSP(OC(C)CC(C)C)OC(C)CC(C)C)OC(C)CSP(=S)(OC(C)CSP(OC(C)CC(C)C)OC(C)CC(C)C)OC(C)CSP(OC(C)CC(C)C)OC(C)CC(C)C. The summed E-state index contributed by atoms with van der Waals surface area (Å²) in [5.74, 6) is 8.09. The van der Waals surface area contributed by atoms with E-state index in [1.54, 1.807) is 56.9 Å². The number of hydrogen-bond acceptors (Lipinski definition) is 24. The van der Waals surface area contributed by atoms with Gasteiger partial charge in [-0.2, -0.15) is 0 Å². The van der Waals surface area contributed by atoms with Crippen molar-refractivity contribution in [2.24, 2.45) is 53.3 Å². The van der Waals surface area contributed by atoms with Gasteiger partial charge in [0.25, 0.3) is 0 Å². The molecule has 0 aromatic rings. The van der Waals surface area contributed by atoms with E-state index >= 15 is 0 Å². The van der Waals surface area contributed by atoms with Crippen LogP contribution in [0.2, 0.25) is 0 Å². The van der Waals surface area contributed by atoms with Gasteiger partial charge < -0.3 is 63.5 Å². The lowest BCUT2D eigenvalue weighted by atomic mass is 10.1. The molecule has 0 amide bonds. The molecule has 0 N–H and O–H groups in total. The maximum atomic E-state index is 12.6. The van der Waals surface area contributed by atoms with E-state index < -0.39 is 49.0 Å². The van der Waals surface area contributed by atoms with Crippen LogP contribution in [0.5, 0.6) is 0 Å². The van der Waals surface area contributed by atoms with Gasteiger partial charge in [-0.05, 0) is 206 Å². The van der Waals surface area contributed by atoms with Crippen LogP contribution in [0, 0.1) is 53.3 Å². The molecule has 0 aliphatic rings. The van der Waals surface area contributed by atoms with E-state index in [2.05, 4.69) is 201 Å². The highest BCUT2D eigenvalue weighted by molar-refractivity contribution is 8.69. The van der Waals surface area contributed by atoms with Gasteiger partial charge in [0.1, 0.15) is 5.47 Å². The van der Waals surface area contributed by atoms with E-state index in [0.29, 0.717) is 88.0 Å². The summed E-state index contributed by atoms with van der Waals surface area (Å²) in [6, 6.07) is 0. The molecule has 0 fully saturated rings. The van der Waals surface area contributed by atoms with E-state index in [0.717, 1.165) is 57.1 Å². The van der Waals surface area contributed by atoms with Crippen molar-refractivity contribution in [3.63, 3.8) is 0 Å². The number of rotatable bonds is 66. The molecule has 0 rings (SSSR count). The second kappa shape index (κ2) is 60.4. The van der Waals surface area contributed by atoms with E-state index in [1.807, 2.05) is 6.92 Å². The molecule has 612 valence electrons. The third-order valence-electron chi connectivity index (χ3n) is 14.0. The van der Waals surface area contributed by atoms with Crippen LogP contribution in [-0.2, 0) is 92.0 Å². The number of methoxy groups -OCH3 is 1. The summed E-state index contributed by atoms with van der Waals surface area (Å²) in [7, 11) is -5.18. The third-order valence-corrected chi connectivity index (χ3v) is 43.7. The molecule has 31 heteroatoms. The molecule has 0 aliphatic heterocycles. The minimum absolute atomic E-state index is 0.0446. The van der Waals surface area contributed by atoms with E-state index in [-0.39, 0.29) is 97.7 Å². The van der Waals surface area contributed by atoms with Crippen molar-refractivity contribution in [3.8, 4) is 0 Å². The third kappa shape index (κ3) is 60.4. The predicted octanol–water partition coefficient (Wildman–Crippen LogP) is 28.6. The van der Waals surface area contributed by atoms with Crippen LogP contribution < -0.4 is 0 Å². The molecule has 0 aliphatic carbocycles. The van der Waals surface area contributed by atoms with Crippen LogP contribution in [0.15, 0.2) is 0 Å². The molecule has 16 atom stereocenters. The van der Waals surface area contributed by atoms with E-state index in [4.69, 9.17) is 87.2 Å². The monoisotopic (exact) mass is 1750 g/mol. The van der Waals surface area contributed by atoms with Gasteiger partial charge in [0.15, 0.2) is 0 Å². The molecule has 15 nitrogen and oxygen atoms in total. The molecule has 0 aromatic carbocycles. The summed E-state index contributed by atoms with van der Waals surface area (Å²) in [5, 5.41) is 0. The lowest BCUT2D eigenvalue weighted by Crippen LogP contribution is -2.18. The van der Waals surface area contributed by atoms with Crippen molar-refractivity contribution in [3.05, 3.63) is 0 Å². The van der Waals surface area contributed by atoms with E-state index in [1.165, 1.54) is 29.9 Å². The maximum Gasteiger partial charge on any atom is 0.306 e. The van der Waals surface area contributed by atoms with E-state index in [9.17, 15) is 4.79 Å². The second-order valence-corrected chi connectivity index (χ2v) is 60.7. The highest BCUT2D eigenvalue weighted by Gasteiger charge is 2.34. The molecule has 0 saturated carbocycles. The highest BCUT2D eigenvalue weighted by Crippen LogP contribution is 2.67. The fourth-order valence-electron chi connectivity index (χ4n) is 10.5. The smallest absolute Gasteiger partial charge is 0.306 e. The van der Waals surface area contributed by atoms with Crippen molar-refractivity contribution in [2.75, 3.05) is 53.5 Å². The quantitative estimate of drug-likeness (QED) is 0.0420. The number of esters is 1. The van der Waals surface area contributed by atoms with Crippen LogP contribution in [0.4, 0.5) is 0 Å². The molecule has 0 spiro atoms. The van der Waals surface area contributed by atoms with Crippen molar-refractivity contribution in [1.29, 1.82) is 0 Å². The average molecular weight is 1750 g/mol. The molecule has 0 saturated heterocycles. The zero-order chi connectivity index (χ0) is 78.0. The van der Waals surface area contributed by atoms with Crippen LogP contribution >= 0.6 is 129 Å². The van der Waals surface area contributed by atoms with Crippen LogP contribution in [0.3, 0.4) is 0 Å². The van der Waals surface area contributed by atoms with Gasteiger partial charge in [0, 0.05) is 46.4 Å². The predicted molar refractivity (Wildman–Crippen MR) is 474 cm³/mol. The Hall–Kier alpha value is 4.85. The first-order valence-electron chi connectivity index (χ1n) is 37.8. The van der Waals surface area contributed by atoms with Gasteiger partial charge in [-0.25, -0.2) is 0 Å². The first-order chi connectivity index (χ1) is 47.4. The normalized spacial score (nSPS) is 19.6. The summed E-state index contributed by atoms with van der Waals surface area (Å²) >= 11 is 25.0. The maximum absolute atomic E-state index is 12.6. The molecule has 0 heterocycles. The average Bonchev–Trinajstić information content (AvgIpc) is 0.861. The Bertz CT molecular complexity index is 1870. The van der Waals surface area contributed by atoms with Gasteiger partial charge in [0.2, 0.25) is 43.6 Å². The summed E-state index contributed by atoms with van der Waals surface area (Å²) in [5.41, 5.74) is -5.68. The van der Waals surface area contributed by atoms with Crippen molar-refractivity contribution >= 4 is 158 Å². The minimum Gasteiger partial charge on any atom is -0.469 e. The number of ether oxygens (including phenoxy) is 1. The minimum atomic E-state index is -3.08. The van der Waals surface area contributed by atoms with Crippen molar-refractivity contribution in [1.82, 2.24) is 0 Å². The standard InChI is InChI=1S/C71H149O15P7S9/c1-49(2)34-58(18)74-88(75-59(19)35-50(3)4)97-43-57(17)42-92(94,84-68(28)44-98-89(76-60(20)36-51(5)6)77-61(21)37-52(7)8)101-47-66(26)82-87(96-33-32-71(72)73-31)83-67(27)48-102-93(95,85-69(29)45-99-90(78-62(22)38-53(9)10)79-63(23)39-54(11)12)86-70(30)46-100-91(80-64(24)40-55(13)14)81-65(25)41-56(15)16/h49-70H,32-48H2,1-31H3. The molecule has 0 aromatic heterocycles. The second-order valence-electron chi connectivity index (χ2n) is 31.3. The van der Waals surface area contributed by atoms with Gasteiger partial charge >= 0.3 is 5.97 Å². The van der Waals surface area contributed by atoms with Gasteiger partial charge in [0.05, 0.1) is 92.9 Å². The summed E-state index contributed by atoms with van der Waals surface area (Å²) < 4.78 is 93.7. The molecule has 0 radical (unpaired) electrons. The summed E-state index contributed by atoms with van der Waals surface area (Å²) in [6.45, 7) is 65.6. The number of carbonyl (C=O) groups excluding carboxylic acids is 1. The topological polar surface area (TPSA) is 146 Å². The Morgan fingerprint density at radius 2 is 0.539 bits per heavy atom. The van der Waals surface area contributed by atoms with Crippen molar-refractivity contribution in [2.45, 2.75) is 345 Å². The number of carbonyl (C=O) groups is 1. The lowest BCUT2D eigenvalue weighted by molar-refractivity contribution is -0.140. The summed E-state index contributed by atoms with van der Waals surface area (Å²) in [6.07, 6.45) is 7.58. The zero-order valence-corrected chi connectivity index (χ0v) is 82.8. The lowest BCUT2D eigenvalue weighted by Gasteiger charge is -2.31. The largest absolute Gasteiger partial charge is 0.469 e.